The molecular formula is C16H17N5O3. The fourth-order valence-corrected chi connectivity index (χ4v) is 2.79. The number of aromatic hydroxyl groups is 1. The van der Waals surface area contributed by atoms with Crippen molar-refractivity contribution >= 4 is 22.7 Å². The summed E-state index contributed by atoms with van der Waals surface area (Å²) in [5, 5.41) is 13.1. The molecule has 24 heavy (non-hydrogen) atoms. The van der Waals surface area contributed by atoms with Gasteiger partial charge in [0.1, 0.15) is 12.0 Å². The summed E-state index contributed by atoms with van der Waals surface area (Å²) in [7, 11) is 1.62. The van der Waals surface area contributed by atoms with Crippen molar-refractivity contribution in [3.05, 3.63) is 30.6 Å². The van der Waals surface area contributed by atoms with Crippen LogP contribution in [0.4, 0.5) is 11.5 Å². The van der Waals surface area contributed by atoms with Crippen molar-refractivity contribution in [2.75, 3.05) is 19.0 Å². The third-order valence-corrected chi connectivity index (χ3v) is 3.98. The Bertz CT molecular complexity index is 856. The fourth-order valence-electron chi connectivity index (χ4n) is 2.79. The maximum Gasteiger partial charge on any atom is 0.318 e. The van der Waals surface area contributed by atoms with Gasteiger partial charge in [0, 0.05) is 12.3 Å². The molecule has 2 aromatic heterocycles. The van der Waals surface area contributed by atoms with Crippen LogP contribution in [-0.2, 0) is 4.74 Å². The van der Waals surface area contributed by atoms with Gasteiger partial charge in [-0.2, -0.15) is 9.97 Å². The molecule has 3 aromatic rings. The molecule has 1 aliphatic heterocycles. The van der Waals surface area contributed by atoms with E-state index < -0.39 is 0 Å². The van der Waals surface area contributed by atoms with E-state index in [1.165, 1.54) is 0 Å². The first-order chi connectivity index (χ1) is 11.7. The molecule has 4 rings (SSSR count). The van der Waals surface area contributed by atoms with Crippen LogP contribution in [0, 0.1) is 0 Å². The number of imidazole rings is 1. The Morgan fingerprint density at radius 3 is 2.83 bits per heavy atom. The Labute approximate surface area is 138 Å². The molecule has 1 unspecified atom stereocenters. The Morgan fingerprint density at radius 1 is 1.29 bits per heavy atom. The maximum absolute atomic E-state index is 9.89. The number of aromatic nitrogens is 4. The molecule has 1 saturated heterocycles. The smallest absolute Gasteiger partial charge is 0.318 e. The molecule has 0 amide bonds. The highest BCUT2D eigenvalue weighted by Gasteiger charge is 2.22. The van der Waals surface area contributed by atoms with Crippen LogP contribution in [0.25, 0.3) is 11.2 Å². The van der Waals surface area contributed by atoms with Crippen LogP contribution in [0.2, 0.25) is 0 Å². The van der Waals surface area contributed by atoms with E-state index in [9.17, 15) is 5.11 Å². The van der Waals surface area contributed by atoms with Gasteiger partial charge in [-0.25, -0.2) is 4.98 Å². The SMILES string of the molecule is COc1ccc(Nc2nc(O)nc3c2ncn3C2CCCO2)cc1. The number of rotatable bonds is 4. The van der Waals surface area contributed by atoms with E-state index in [2.05, 4.69) is 20.3 Å². The number of nitrogens with one attached hydrogen (secondary N) is 1. The van der Waals surface area contributed by atoms with Crippen LogP contribution in [0.15, 0.2) is 30.6 Å². The molecule has 0 aliphatic carbocycles. The molecule has 1 aromatic carbocycles. The molecule has 1 atom stereocenters. The van der Waals surface area contributed by atoms with Crippen molar-refractivity contribution in [2.45, 2.75) is 19.1 Å². The summed E-state index contributed by atoms with van der Waals surface area (Å²) in [6.45, 7) is 0.721. The normalized spacial score (nSPS) is 17.3. The van der Waals surface area contributed by atoms with E-state index in [-0.39, 0.29) is 12.2 Å². The zero-order valence-corrected chi connectivity index (χ0v) is 13.1. The topological polar surface area (TPSA) is 94.3 Å². The molecule has 124 valence electrons. The second-order valence-corrected chi connectivity index (χ2v) is 5.52. The molecule has 1 aliphatic rings. The molecule has 0 radical (unpaired) electrons. The van der Waals surface area contributed by atoms with Crippen LogP contribution >= 0.6 is 0 Å². The highest BCUT2D eigenvalue weighted by molar-refractivity contribution is 5.85. The highest BCUT2D eigenvalue weighted by atomic mass is 16.5. The lowest BCUT2D eigenvalue weighted by molar-refractivity contribution is 0.0592. The Kier molecular flexibility index (Phi) is 3.66. The summed E-state index contributed by atoms with van der Waals surface area (Å²) in [6.07, 6.45) is 3.47. The van der Waals surface area contributed by atoms with Gasteiger partial charge in [-0.05, 0) is 37.1 Å². The first-order valence-electron chi connectivity index (χ1n) is 7.71. The second-order valence-electron chi connectivity index (χ2n) is 5.52. The zero-order chi connectivity index (χ0) is 16.5. The standard InChI is InChI=1S/C16H17N5O3/c1-23-11-6-4-10(5-7-11)18-14-13-15(20-16(22)19-14)21(9-17-13)12-3-2-8-24-12/h4-7,9,12H,2-3,8H2,1H3,(H2,18,19,20,22). The summed E-state index contributed by atoms with van der Waals surface area (Å²) in [5.74, 6) is 1.21. The molecule has 3 heterocycles. The number of fused-ring (bicyclic) bond motifs is 1. The molecular weight excluding hydrogens is 310 g/mol. The van der Waals surface area contributed by atoms with Crippen LogP contribution in [-0.4, -0.2) is 38.3 Å². The van der Waals surface area contributed by atoms with Gasteiger partial charge in [-0.3, -0.25) is 4.57 Å². The van der Waals surface area contributed by atoms with Gasteiger partial charge >= 0.3 is 6.01 Å². The largest absolute Gasteiger partial charge is 0.497 e. The number of hydrogen-bond acceptors (Lipinski definition) is 7. The number of nitrogens with zero attached hydrogens (tertiary/aromatic N) is 4. The minimum atomic E-state index is -0.307. The molecule has 0 bridgehead atoms. The summed E-state index contributed by atoms with van der Waals surface area (Å²) in [5.41, 5.74) is 1.94. The van der Waals surface area contributed by atoms with Gasteiger partial charge in [0.2, 0.25) is 0 Å². The lowest BCUT2D eigenvalue weighted by Crippen LogP contribution is -2.07. The molecule has 8 nitrogen and oxygen atoms in total. The minimum absolute atomic E-state index is 0.0989. The average molecular weight is 327 g/mol. The maximum atomic E-state index is 9.89. The van der Waals surface area contributed by atoms with Gasteiger partial charge in [0.25, 0.3) is 0 Å². The first kappa shape index (κ1) is 14.7. The van der Waals surface area contributed by atoms with Crippen molar-refractivity contribution in [3.63, 3.8) is 0 Å². The number of benzene rings is 1. The van der Waals surface area contributed by atoms with E-state index in [4.69, 9.17) is 9.47 Å². The quantitative estimate of drug-likeness (QED) is 0.760. The molecule has 0 spiro atoms. The van der Waals surface area contributed by atoms with Crippen LogP contribution in [0.3, 0.4) is 0 Å². The number of hydrogen-bond donors (Lipinski definition) is 2. The number of ether oxygens (including phenoxy) is 2. The molecule has 2 N–H and O–H groups in total. The third-order valence-electron chi connectivity index (χ3n) is 3.98. The fraction of sp³-hybridized carbons (Fsp3) is 0.312. The van der Waals surface area contributed by atoms with E-state index in [0.717, 1.165) is 30.9 Å². The Hall–Kier alpha value is -2.87. The van der Waals surface area contributed by atoms with Crippen molar-refractivity contribution in [1.82, 2.24) is 19.5 Å². The van der Waals surface area contributed by atoms with Crippen molar-refractivity contribution < 1.29 is 14.6 Å². The van der Waals surface area contributed by atoms with Crippen LogP contribution < -0.4 is 10.1 Å². The number of methoxy groups -OCH3 is 1. The summed E-state index contributed by atoms with van der Waals surface area (Å²) < 4.78 is 12.7. The van der Waals surface area contributed by atoms with E-state index in [1.54, 1.807) is 13.4 Å². The Morgan fingerprint density at radius 2 is 2.12 bits per heavy atom. The van der Waals surface area contributed by atoms with Crippen LogP contribution in [0.1, 0.15) is 19.1 Å². The van der Waals surface area contributed by atoms with Crippen molar-refractivity contribution in [1.29, 1.82) is 0 Å². The third kappa shape index (κ3) is 2.61. The molecule has 8 heteroatoms. The van der Waals surface area contributed by atoms with E-state index >= 15 is 0 Å². The highest BCUT2D eigenvalue weighted by Crippen LogP contribution is 2.30. The van der Waals surface area contributed by atoms with Gasteiger partial charge < -0.3 is 19.9 Å². The monoisotopic (exact) mass is 327 g/mol. The van der Waals surface area contributed by atoms with Gasteiger partial charge in [-0.15, -0.1) is 0 Å². The minimum Gasteiger partial charge on any atom is -0.497 e. The van der Waals surface area contributed by atoms with E-state index in [1.807, 2.05) is 28.8 Å². The van der Waals surface area contributed by atoms with Gasteiger partial charge in [0.05, 0.1) is 13.4 Å². The summed E-state index contributed by atoms with van der Waals surface area (Å²) >= 11 is 0. The van der Waals surface area contributed by atoms with E-state index in [0.29, 0.717) is 17.0 Å². The van der Waals surface area contributed by atoms with Crippen molar-refractivity contribution in [3.8, 4) is 11.8 Å². The number of anilines is 2. The van der Waals surface area contributed by atoms with Gasteiger partial charge in [0.15, 0.2) is 17.0 Å². The predicted octanol–water partition coefficient (Wildman–Crippen LogP) is 2.59. The summed E-state index contributed by atoms with van der Waals surface area (Å²) in [4.78, 5) is 12.6. The average Bonchev–Trinajstić information content (AvgIpc) is 3.24. The zero-order valence-electron chi connectivity index (χ0n) is 13.1. The molecule has 0 saturated carbocycles. The summed E-state index contributed by atoms with van der Waals surface area (Å²) in [6, 6.07) is 7.09. The molecule has 1 fully saturated rings. The van der Waals surface area contributed by atoms with Gasteiger partial charge in [-0.1, -0.05) is 0 Å². The second kappa shape index (κ2) is 5.97. The van der Waals surface area contributed by atoms with Crippen LogP contribution in [0.5, 0.6) is 11.8 Å². The lowest BCUT2D eigenvalue weighted by Gasteiger charge is -2.12. The first-order valence-corrected chi connectivity index (χ1v) is 7.71. The van der Waals surface area contributed by atoms with Crippen molar-refractivity contribution in [2.24, 2.45) is 0 Å². The predicted molar refractivity (Wildman–Crippen MR) is 87.5 cm³/mol. The Balaban J connectivity index is 1.71. The lowest BCUT2D eigenvalue weighted by atomic mass is 10.3.